The van der Waals surface area contributed by atoms with Gasteiger partial charge in [0.2, 0.25) is 0 Å². The first-order valence-electron chi connectivity index (χ1n) is 4.23. The molecule has 4 nitrogen and oxygen atoms in total. The van der Waals surface area contributed by atoms with Crippen LogP contribution in [0, 0.1) is 10.1 Å². The average Bonchev–Trinajstić information content (AvgIpc) is 2.19. The fourth-order valence-corrected chi connectivity index (χ4v) is 0.964. The Morgan fingerprint density at radius 1 is 1.50 bits per heavy atom. The van der Waals surface area contributed by atoms with Gasteiger partial charge in [0, 0.05) is 6.07 Å². The van der Waals surface area contributed by atoms with Crippen LogP contribution in [0.1, 0.15) is 6.92 Å². The lowest BCUT2D eigenvalue weighted by Crippen LogP contribution is -1.97. The molecule has 0 saturated carbocycles. The predicted octanol–water partition coefficient (Wildman–Crippen LogP) is 2.55. The minimum Gasteiger partial charge on any atom is -0.483 e. The maximum absolute atomic E-state index is 10.6. The highest BCUT2D eigenvalue weighted by Gasteiger charge is 2.12. The average molecular weight is 193 g/mol. The Hall–Kier alpha value is -1.84. The van der Waals surface area contributed by atoms with Crippen molar-refractivity contribution < 1.29 is 9.66 Å². The zero-order valence-electron chi connectivity index (χ0n) is 7.84. The Labute approximate surface area is 82.0 Å². The fraction of sp³-hybridized carbons (Fsp3) is 0.200. The van der Waals surface area contributed by atoms with Crippen LogP contribution < -0.4 is 4.74 Å². The first-order valence-corrected chi connectivity index (χ1v) is 4.23. The molecule has 0 fully saturated rings. The molecule has 0 aliphatic rings. The van der Waals surface area contributed by atoms with Crippen molar-refractivity contribution in [1.29, 1.82) is 0 Å². The molecule has 0 aliphatic carbocycles. The van der Waals surface area contributed by atoms with Crippen molar-refractivity contribution >= 4 is 5.69 Å². The topological polar surface area (TPSA) is 52.4 Å². The summed E-state index contributed by atoms with van der Waals surface area (Å²) in [7, 11) is 0. The van der Waals surface area contributed by atoms with Crippen LogP contribution >= 0.6 is 0 Å². The van der Waals surface area contributed by atoms with Gasteiger partial charge in [-0.25, -0.2) is 0 Å². The third-order valence-electron chi connectivity index (χ3n) is 1.63. The largest absolute Gasteiger partial charge is 0.483 e. The van der Waals surface area contributed by atoms with Crippen molar-refractivity contribution in [2.24, 2.45) is 0 Å². The van der Waals surface area contributed by atoms with E-state index in [0.717, 1.165) is 0 Å². The minimum atomic E-state index is -0.453. The summed E-state index contributed by atoms with van der Waals surface area (Å²) in [6.45, 7) is 2.21. The van der Waals surface area contributed by atoms with Crippen LogP contribution in [0.25, 0.3) is 0 Å². The fourth-order valence-electron chi connectivity index (χ4n) is 0.964. The van der Waals surface area contributed by atoms with Gasteiger partial charge in [0.05, 0.1) is 4.92 Å². The van der Waals surface area contributed by atoms with Crippen molar-refractivity contribution in [2.75, 3.05) is 6.61 Å². The molecule has 74 valence electrons. The van der Waals surface area contributed by atoms with E-state index < -0.39 is 4.92 Å². The summed E-state index contributed by atoms with van der Waals surface area (Å²) in [5.74, 6) is 0.301. The number of allylic oxidation sites excluding steroid dienone is 1. The number of ether oxygens (including phenoxy) is 1. The summed E-state index contributed by atoms with van der Waals surface area (Å²) >= 11 is 0. The van der Waals surface area contributed by atoms with Gasteiger partial charge < -0.3 is 4.74 Å². The quantitative estimate of drug-likeness (QED) is 0.419. The molecule has 0 atom stereocenters. The van der Waals surface area contributed by atoms with Gasteiger partial charge in [-0.1, -0.05) is 24.3 Å². The molecular formula is C10H11NO3. The second kappa shape index (κ2) is 5.01. The van der Waals surface area contributed by atoms with Crippen molar-refractivity contribution in [1.82, 2.24) is 0 Å². The molecule has 1 rings (SSSR count). The number of para-hydroxylation sites is 2. The van der Waals surface area contributed by atoms with E-state index in [1.807, 2.05) is 13.0 Å². The van der Waals surface area contributed by atoms with Crippen molar-refractivity contribution in [3.8, 4) is 5.75 Å². The summed E-state index contributed by atoms with van der Waals surface area (Å²) < 4.78 is 5.21. The molecule has 0 N–H and O–H groups in total. The second-order valence-corrected chi connectivity index (χ2v) is 2.60. The number of benzene rings is 1. The van der Waals surface area contributed by atoms with Crippen molar-refractivity contribution in [3.05, 3.63) is 46.5 Å². The van der Waals surface area contributed by atoms with Gasteiger partial charge in [-0.2, -0.15) is 0 Å². The van der Waals surface area contributed by atoms with Crippen molar-refractivity contribution in [2.45, 2.75) is 6.92 Å². The highest BCUT2D eigenvalue weighted by atomic mass is 16.6. The van der Waals surface area contributed by atoms with E-state index in [1.165, 1.54) is 6.07 Å². The van der Waals surface area contributed by atoms with Crippen LogP contribution in [-0.4, -0.2) is 11.5 Å². The second-order valence-electron chi connectivity index (χ2n) is 2.60. The van der Waals surface area contributed by atoms with Crippen LogP contribution in [0.15, 0.2) is 36.4 Å². The number of nitro groups is 1. The molecule has 1 aromatic carbocycles. The first kappa shape index (κ1) is 10.2. The molecule has 14 heavy (non-hydrogen) atoms. The summed E-state index contributed by atoms with van der Waals surface area (Å²) in [4.78, 5) is 10.1. The maximum Gasteiger partial charge on any atom is 0.310 e. The summed E-state index contributed by atoms with van der Waals surface area (Å²) in [5, 5.41) is 10.6. The molecule has 0 unspecified atom stereocenters. The van der Waals surface area contributed by atoms with Crippen LogP contribution in [0.4, 0.5) is 5.69 Å². The van der Waals surface area contributed by atoms with Crippen LogP contribution in [-0.2, 0) is 0 Å². The zero-order valence-corrected chi connectivity index (χ0v) is 7.84. The van der Waals surface area contributed by atoms with Gasteiger partial charge >= 0.3 is 5.69 Å². The van der Waals surface area contributed by atoms with E-state index in [0.29, 0.717) is 12.4 Å². The molecular weight excluding hydrogens is 182 g/mol. The van der Waals surface area contributed by atoms with Gasteiger partial charge in [0.25, 0.3) is 0 Å². The zero-order chi connectivity index (χ0) is 10.4. The Morgan fingerprint density at radius 2 is 2.21 bits per heavy atom. The van der Waals surface area contributed by atoms with Crippen LogP contribution in [0.2, 0.25) is 0 Å². The Kier molecular flexibility index (Phi) is 3.67. The third kappa shape index (κ3) is 2.58. The van der Waals surface area contributed by atoms with E-state index in [1.54, 1.807) is 24.3 Å². The molecule has 0 radical (unpaired) electrons. The van der Waals surface area contributed by atoms with E-state index in [9.17, 15) is 10.1 Å². The lowest BCUT2D eigenvalue weighted by molar-refractivity contribution is -0.385. The van der Waals surface area contributed by atoms with Gasteiger partial charge in [-0.05, 0) is 13.0 Å². The first-order chi connectivity index (χ1) is 6.75. The monoisotopic (exact) mass is 193 g/mol. The van der Waals surface area contributed by atoms with Crippen LogP contribution in [0.5, 0.6) is 5.75 Å². The number of hydrogen-bond acceptors (Lipinski definition) is 3. The highest BCUT2D eigenvalue weighted by Crippen LogP contribution is 2.25. The summed E-state index contributed by atoms with van der Waals surface area (Å²) in [6.07, 6.45) is 3.62. The third-order valence-corrected chi connectivity index (χ3v) is 1.63. The lowest BCUT2D eigenvalue weighted by atomic mass is 10.3. The number of hydrogen-bond donors (Lipinski definition) is 0. The van der Waals surface area contributed by atoms with Crippen LogP contribution in [0.3, 0.4) is 0 Å². The van der Waals surface area contributed by atoms with Gasteiger partial charge in [-0.15, -0.1) is 0 Å². The predicted molar refractivity (Wildman–Crippen MR) is 53.4 cm³/mol. The van der Waals surface area contributed by atoms with Gasteiger partial charge in [0.15, 0.2) is 5.75 Å². The Bertz CT molecular complexity index is 347. The SMILES string of the molecule is C/C=C/COc1ccccc1[N+](=O)[O-]. The molecule has 1 aromatic rings. The van der Waals surface area contributed by atoms with Crippen molar-refractivity contribution in [3.63, 3.8) is 0 Å². The summed E-state index contributed by atoms with van der Waals surface area (Å²) in [5.41, 5.74) is -0.00277. The summed E-state index contributed by atoms with van der Waals surface area (Å²) in [6, 6.07) is 6.32. The highest BCUT2D eigenvalue weighted by molar-refractivity contribution is 5.45. The Balaban J connectivity index is 2.79. The molecule has 4 heteroatoms. The maximum atomic E-state index is 10.6. The normalized spacial score (nSPS) is 10.4. The minimum absolute atomic E-state index is 0.00277. The standard InChI is InChI=1S/C10H11NO3/c1-2-3-8-14-10-7-5-4-6-9(10)11(12)13/h2-7H,8H2,1H3/b3-2+. The van der Waals surface area contributed by atoms with E-state index in [-0.39, 0.29) is 5.69 Å². The number of nitro benzene ring substituents is 1. The van der Waals surface area contributed by atoms with Gasteiger partial charge in [-0.3, -0.25) is 10.1 Å². The molecule has 0 amide bonds. The molecule has 0 spiro atoms. The molecule has 0 saturated heterocycles. The van der Waals surface area contributed by atoms with Gasteiger partial charge in [0.1, 0.15) is 6.61 Å². The van der Waals surface area contributed by atoms with E-state index >= 15 is 0 Å². The molecule has 0 aromatic heterocycles. The van der Waals surface area contributed by atoms with E-state index in [2.05, 4.69) is 0 Å². The smallest absolute Gasteiger partial charge is 0.310 e. The molecule has 0 bridgehead atoms. The van der Waals surface area contributed by atoms with E-state index in [4.69, 9.17) is 4.74 Å². The number of nitrogens with zero attached hydrogens (tertiary/aromatic N) is 1. The lowest BCUT2D eigenvalue weighted by Gasteiger charge is -2.02. The molecule has 0 heterocycles. The Morgan fingerprint density at radius 3 is 2.86 bits per heavy atom. The number of rotatable bonds is 4. The molecule has 0 aliphatic heterocycles.